The third kappa shape index (κ3) is 3.57. The van der Waals surface area contributed by atoms with Crippen LogP contribution in [0.3, 0.4) is 0 Å². The van der Waals surface area contributed by atoms with Crippen LogP contribution in [0.25, 0.3) is 0 Å². The number of piperazine rings is 1. The molecule has 0 N–H and O–H groups in total. The van der Waals surface area contributed by atoms with Gasteiger partial charge in [0.2, 0.25) is 0 Å². The molecular formula is C25H30N4O3. The van der Waals surface area contributed by atoms with Crippen LogP contribution >= 0.6 is 0 Å². The molecular weight excluding hydrogens is 404 g/mol. The van der Waals surface area contributed by atoms with Crippen LogP contribution < -0.4 is 4.90 Å². The second-order valence-corrected chi connectivity index (χ2v) is 10.1. The highest BCUT2D eigenvalue weighted by Crippen LogP contribution is 2.46. The fourth-order valence-electron chi connectivity index (χ4n) is 5.05. The quantitative estimate of drug-likeness (QED) is 0.726. The van der Waals surface area contributed by atoms with Crippen LogP contribution in [0.2, 0.25) is 0 Å². The van der Waals surface area contributed by atoms with Gasteiger partial charge < -0.3 is 19.0 Å². The normalized spacial score (nSPS) is 24.7. The second kappa shape index (κ2) is 7.63. The molecule has 0 unspecified atom stereocenters. The Labute approximate surface area is 189 Å². The summed E-state index contributed by atoms with van der Waals surface area (Å²) in [5, 5.41) is 10.2. The molecule has 1 aliphatic carbocycles. The van der Waals surface area contributed by atoms with Crippen molar-refractivity contribution >= 4 is 11.7 Å². The van der Waals surface area contributed by atoms with Crippen molar-refractivity contribution in [1.29, 1.82) is 5.26 Å². The SMILES string of the molecule is C[C@@H]1CN(c2nc(C3CC3)c3c(c2C#N)CC(C)(C)OC3)[C@@H](C)CN1C(=O)c1ccoc1. The molecule has 4 heterocycles. The van der Waals surface area contributed by atoms with E-state index < -0.39 is 0 Å². The smallest absolute Gasteiger partial charge is 0.257 e. The highest BCUT2D eigenvalue weighted by molar-refractivity contribution is 5.94. The molecule has 32 heavy (non-hydrogen) atoms. The number of anilines is 1. The van der Waals surface area contributed by atoms with Crippen LogP contribution in [0.5, 0.6) is 0 Å². The maximum Gasteiger partial charge on any atom is 0.257 e. The van der Waals surface area contributed by atoms with Gasteiger partial charge in [-0.05, 0) is 52.2 Å². The lowest BCUT2D eigenvalue weighted by Crippen LogP contribution is -2.58. The maximum atomic E-state index is 13.0. The average molecular weight is 435 g/mol. The number of ether oxygens (including phenoxy) is 1. The number of pyridine rings is 1. The van der Waals surface area contributed by atoms with E-state index in [4.69, 9.17) is 14.1 Å². The zero-order valence-electron chi connectivity index (χ0n) is 19.2. The van der Waals surface area contributed by atoms with Gasteiger partial charge in [0, 0.05) is 43.1 Å². The average Bonchev–Trinajstić information content (AvgIpc) is 3.45. The number of amides is 1. The van der Waals surface area contributed by atoms with E-state index in [0.717, 1.165) is 35.5 Å². The van der Waals surface area contributed by atoms with Crippen LogP contribution in [0.1, 0.15) is 79.2 Å². The van der Waals surface area contributed by atoms with Crippen LogP contribution in [-0.4, -0.2) is 46.6 Å². The van der Waals surface area contributed by atoms with E-state index in [0.29, 0.717) is 43.2 Å². The molecule has 1 saturated heterocycles. The van der Waals surface area contributed by atoms with Gasteiger partial charge in [-0.2, -0.15) is 5.26 Å². The fourth-order valence-corrected chi connectivity index (χ4v) is 5.05. The van der Waals surface area contributed by atoms with Crippen molar-refractivity contribution in [2.75, 3.05) is 18.0 Å². The van der Waals surface area contributed by atoms with Gasteiger partial charge in [0.05, 0.1) is 35.3 Å². The Morgan fingerprint density at radius 1 is 1.22 bits per heavy atom. The first-order valence-corrected chi connectivity index (χ1v) is 11.5. The summed E-state index contributed by atoms with van der Waals surface area (Å²) in [5.74, 6) is 1.23. The summed E-state index contributed by atoms with van der Waals surface area (Å²) in [6.45, 7) is 10.1. The number of carbonyl (C=O) groups is 1. The lowest BCUT2D eigenvalue weighted by Gasteiger charge is -2.45. The molecule has 3 aliphatic rings. The van der Waals surface area contributed by atoms with Crippen LogP contribution in [0, 0.1) is 11.3 Å². The number of carbonyl (C=O) groups excluding carboxylic acids is 1. The molecule has 0 spiro atoms. The van der Waals surface area contributed by atoms with Gasteiger partial charge in [-0.15, -0.1) is 0 Å². The molecule has 2 fully saturated rings. The Kier molecular flexibility index (Phi) is 5.01. The molecule has 168 valence electrons. The van der Waals surface area contributed by atoms with Crippen LogP contribution in [0.4, 0.5) is 5.82 Å². The monoisotopic (exact) mass is 434 g/mol. The summed E-state index contributed by atoms with van der Waals surface area (Å²) >= 11 is 0. The first-order chi connectivity index (χ1) is 15.3. The Balaban J connectivity index is 1.52. The van der Waals surface area contributed by atoms with Gasteiger partial charge in [-0.25, -0.2) is 4.98 Å². The van der Waals surface area contributed by atoms with Crippen molar-refractivity contribution in [3.05, 3.63) is 46.5 Å². The summed E-state index contributed by atoms with van der Waals surface area (Å²) in [7, 11) is 0. The predicted octanol–water partition coefficient (Wildman–Crippen LogP) is 4.01. The first-order valence-electron chi connectivity index (χ1n) is 11.5. The summed E-state index contributed by atoms with van der Waals surface area (Å²) in [4.78, 5) is 22.2. The molecule has 0 radical (unpaired) electrons. The van der Waals surface area contributed by atoms with Crippen molar-refractivity contribution in [2.45, 2.75) is 77.2 Å². The number of furan rings is 1. The standard InChI is InChI=1S/C25H30N4O3/c1-15-12-29(24(30)18-7-8-31-13-18)16(2)11-28(15)23-20(10-26)19-9-25(3,4)32-14-21(19)22(27-23)17-5-6-17/h7-8,13,15-17H,5-6,9,11-12,14H2,1-4H3/t15-,16+/m0/s1. The van der Waals surface area contributed by atoms with Crippen molar-refractivity contribution in [3.63, 3.8) is 0 Å². The molecule has 7 nitrogen and oxygen atoms in total. The van der Waals surface area contributed by atoms with Crippen molar-refractivity contribution in [3.8, 4) is 6.07 Å². The molecule has 2 atom stereocenters. The summed E-state index contributed by atoms with van der Waals surface area (Å²) in [5.41, 5.74) is 4.29. The molecule has 2 aromatic rings. The zero-order valence-corrected chi connectivity index (χ0v) is 19.2. The van der Waals surface area contributed by atoms with E-state index in [1.165, 1.54) is 12.5 Å². The van der Waals surface area contributed by atoms with E-state index >= 15 is 0 Å². The van der Waals surface area contributed by atoms with E-state index in [1.807, 2.05) is 4.90 Å². The number of aromatic nitrogens is 1. The number of rotatable bonds is 3. The van der Waals surface area contributed by atoms with E-state index in [2.05, 4.69) is 38.7 Å². The number of nitriles is 1. The molecule has 0 aromatic carbocycles. The predicted molar refractivity (Wildman–Crippen MR) is 120 cm³/mol. The minimum absolute atomic E-state index is 0.0119. The molecule has 1 amide bonds. The van der Waals surface area contributed by atoms with Gasteiger partial charge in [0.1, 0.15) is 18.2 Å². The van der Waals surface area contributed by atoms with Crippen molar-refractivity contribution in [1.82, 2.24) is 9.88 Å². The van der Waals surface area contributed by atoms with Gasteiger partial charge in [0.15, 0.2) is 0 Å². The summed E-state index contributed by atoms with van der Waals surface area (Å²) < 4.78 is 11.2. The van der Waals surface area contributed by atoms with Crippen LogP contribution in [-0.2, 0) is 17.8 Å². The van der Waals surface area contributed by atoms with Crippen molar-refractivity contribution < 1.29 is 13.9 Å². The molecule has 2 aromatic heterocycles. The largest absolute Gasteiger partial charge is 0.472 e. The lowest BCUT2D eigenvalue weighted by molar-refractivity contribution is -0.0407. The number of hydrogen-bond donors (Lipinski definition) is 0. The molecule has 2 aliphatic heterocycles. The minimum atomic E-state index is -0.299. The Morgan fingerprint density at radius 2 is 2.00 bits per heavy atom. The molecule has 1 saturated carbocycles. The van der Waals surface area contributed by atoms with Gasteiger partial charge in [-0.1, -0.05) is 0 Å². The fraction of sp³-hybridized carbons (Fsp3) is 0.560. The second-order valence-electron chi connectivity index (χ2n) is 10.1. The Hall–Kier alpha value is -2.85. The third-order valence-electron chi connectivity index (χ3n) is 7.00. The highest BCUT2D eigenvalue weighted by Gasteiger charge is 2.40. The van der Waals surface area contributed by atoms with E-state index in [-0.39, 0.29) is 23.6 Å². The Morgan fingerprint density at radius 3 is 2.66 bits per heavy atom. The first kappa shape index (κ1) is 21.0. The van der Waals surface area contributed by atoms with Crippen molar-refractivity contribution in [2.24, 2.45) is 0 Å². The zero-order chi connectivity index (χ0) is 22.6. The Bertz CT molecular complexity index is 1080. The summed E-state index contributed by atoms with van der Waals surface area (Å²) in [6.07, 6.45) is 6.03. The van der Waals surface area contributed by atoms with E-state index in [1.54, 1.807) is 6.07 Å². The molecule has 0 bridgehead atoms. The lowest BCUT2D eigenvalue weighted by atomic mass is 9.87. The minimum Gasteiger partial charge on any atom is -0.472 e. The highest BCUT2D eigenvalue weighted by atomic mass is 16.5. The van der Waals surface area contributed by atoms with E-state index in [9.17, 15) is 10.1 Å². The number of nitrogens with zero attached hydrogens (tertiary/aromatic N) is 4. The maximum absolute atomic E-state index is 13.0. The molecule has 5 rings (SSSR count). The third-order valence-corrected chi connectivity index (χ3v) is 7.00. The summed E-state index contributed by atoms with van der Waals surface area (Å²) in [6, 6.07) is 4.22. The number of fused-ring (bicyclic) bond motifs is 1. The van der Waals surface area contributed by atoms with Gasteiger partial charge in [-0.3, -0.25) is 4.79 Å². The topological polar surface area (TPSA) is 82.6 Å². The van der Waals surface area contributed by atoms with Crippen LogP contribution in [0.15, 0.2) is 23.0 Å². The van der Waals surface area contributed by atoms with Gasteiger partial charge in [0.25, 0.3) is 5.91 Å². The van der Waals surface area contributed by atoms with Gasteiger partial charge >= 0.3 is 0 Å². The molecule has 7 heteroatoms. The number of hydrogen-bond acceptors (Lipinski definition) is 6.